The van der Waals surface area contributed by atoms with E-state index in [1.807, 2.05) is 13.8 Å². The maximum absolute atomic E-state index is 12.7. The summed E-state index contributed by atoms with van der Waals surface area (Å²) in [6.07, 6.45) is -3.82. The third-order valence-corrected chi connectivity index (χ3v) is 5.18. The molecule has 4 aliphatic rings. The number of hydrogen-bond acceptors (Lipinski definition) is 10. The van der Waals surface area contributed by atoms with Gasteiger partial charge in [-0.3, -0.25) is 4.79 Å². The molecule has 10 heteroatoms. The van der Waals surface area contributed by atoms with Crippen molar-refractivity contribution in [1.82, 2.24) is 0 Å². The molecule has 0 amide bonds. The van der Waals surface area contributed by atoms with Crippen molar-refractivity contribution in [2.45, 2.75) is 76.9 Å². The largest absolute Gasteiger partial charge is 0.508 e. The van der Waals surface area contributed by atoms with Crippen LogP contribution in [0.4, 0.5) is 4.79 Å². The Balaban J connectivity index is 1.48. The van der Waals surface area contributed by atoms with Crippen LogP contribution in [-0.4, -0.2) is 74.2 Å². The van der Waals surface area contributed by atoms with E-state index in [0.717, 1.165) is 0 Å². The molecule has 4 heterocycles. The van der Waals surface area contributed by atoms with Crippen molar-refractivity contribution >= 4 is 12.1 Å². The van der Waals surface area contributed by atoms with Gasteiger partial charge in [0.05, 0.1) is 6.61 Å². The molecule has 0 aromatic rings. The molecule has 0 N–H and O–H groups in total. The first-order valence-corrected chi connectivity index (χ1v) is 9.32. The van der Waals surface area contributed by atoms with Gasteiger partial charge in [-0.25, -0.2) is 4.79 Å². The van der Waals surface area contributed by atoms with E-state index in [4.69, 9.17) is 37.9 Å². The van der Waals surface area contributed by atoms with Crippen LogP contribution in [0.15, 0.2) is 0 Å². The number of rotatable bonds is 3. The second-order valence-corrected chi connectivity index (χ2v) is 8.69. The monoisotopic (exact) mass is 402 g/mol. The van der Waals surface area contributed by atoms with E-state index in [1.165, 1.54) is 0 Å². The Morgan fingerprint density at radius 2 is 1.57 bits per heavy atom. The maximum Gasteiger partial charge on any atom is 0.508 e. The van der Waals surface area contributed by atoms with E-state index in [9.17, 15) is 9.59 Å². The smallest absolute Gasteiger partial charge is 0.433 e. The molecule has 4 saturated heterocycles. The van der Waals surface area contributed by atoms with Crippen LogP contribution in [0.25, 0.3) is 0 Å². The second-order valence-electron chi connectivity index (χ2n) is 8.69. The minimum atomic E-state index is -1.13. The Morgan fingerprint density at radius 1 is 0.929 bits per heavy atom. The molecule has 0 aromatic carbocycles. The summed E-state index contributed by atoms with van der Waals surface area (Å²) >= 11 is 0. The van der Waals surface area contributed by atoms with E-state index in [-0.39, 0.29) is 13.2 Å². The Bertz CT molecular complexity index is 649. The van der Waals surface area contributed by atoms with Gasteiger partial charge in [-0.15, -0.1) is 0 Å². The van der Waals surface area contributed by atoms with Crippen LogP contribution in [0.3, 0.4) is 0 Å². The van der Waals surface area contributed by atoms with Gasteiger partial charge in [0.25, 0.3) is 0 Å². The van der Waals surface area contributed by atoms with E-state index >= 15 is 0 Å². The molecule has 4 aliphatic heterocycles. The lowest BCUT2D eigenvalue weighted by molar-refractivity contribution is -0.249. The van der Waals surface area contributed by atoms with E-state index in [2.05, 4.69) is 0 Å². The molecule has 0 bridgehead atoms. The fourth-order valence-electron chi connectivity index (χ4n) is 3.75. The van der Waals surface area contributed by atoms with Crippen LogP contribution in [0.5, 0.6) is 0 Å². The molecule has 0 spiro atoms. The SMILES string of the molecule is CC1(C)OCC([C@H]2OC(OC(=O)C3(C)COC(=O)OC3)[C@H]3OC(C)(C)O[C@@H]23)O1. The highest BCUT2D eigenvalue weighted by Crippen LogP contribution is 2.43. The molecule has 0 radical (unpaired) electrons. The zero-order chi connectivity index (χ0) is 20.3. The fraction of sp³-hybridized carbons (Fsp3) is 0.889. The van der Waals surface area contributed by atoms with E-state index in [0.29, 0.717) is 6.61 Å². The van der Waals surface area contributed by atoms with Crippen molar-refractivity contribution in [2.75, 3.05) is 19.8 Å². The highest BCUT2D eigenvalue weighted by Gasteiger charge is 2.61. The molecule has 158 valence electrons. The third-order valence-electron chi connectivity index (χ3n) is 5.18. The average molecular weight is 402 g/mol. The molecule has 2 unspecified atom stereocenters. The third kappa shape index (κ3) is 3.59. The molecule has 0 aromatic heterocycles. The van der Waals surface area contributed by atoms with Gasteiger partial charge < -0.3 is 37.9 Å². The van der Waals surface area contributed by atoms with Gasteiger partial charge in [0.2, 0.25) is 6.29 Å². The molecule has 10 nitrogen and oxygen atoms in total. The zero-order valence-electron chi connectivity index (χ0n) is 16.6. The number of carbonyl (C=O) groups excluding carboxylic acids is 2. The standard InChI is InChI=1S/C18H26O10/c1-16(2)23-6-9(26-16)10-11-12(28-17(3,4)27-11)13(24-10)25-14(19)18(5)7-21-15(20)22-8-18/h9-13H,6-8H2,1-5H3/t9?,10-,11+,12+,13?/m1/s1. The molecule has 28 heavy (non-hydrogen) atoms. The molecular weight excluding hydrogens is 376 g/mol. The first kappa shape index (κ1) is 19.8. The summed E-state index contributed by atoms with van der Waals surface area (Å²) in [5, 5.41) is 0. The van der Waals surface area contributed by atoms with Gasteiger partial charge in [0.15, 0.2) is 17.7 Å². The van der Waals surface area contributed by atoms with Crippen LogP contribution in [0.1, 0.15) is 34.6 Å². The predicted octanol–water partition coefficient (Wildman–Crippen LogP) is 1.10. The summed E-state index contributed by atoms with van der Waals surface area (Å²) in [7, 11) is 0. The van der Waals surface area contributed by atoms with Gasteiger partial charge in [0, 0.05) is 0 Å². The minimum absolute atomic E-state index is 0.133. The second kappa shape index (κ2) is 6.53. The molecule has 4 fully saturated rings. The average Bonchev–Trinajstić information content (AvgIpc) is 3.21. The zero-order valence-corrected chi connectivity index (χ0v) is 16.6. The van der Waals surface area contributed by atoms with Crippen LogP contribution in [0, 0.1) is 5.41 Å². The summed E-state index contributed by atoms with van der Waals surface area (Å²) in [5.74, 6) is -2.20. The van der Waals surface area contributed by atoms with Gasteiger partial charge in [-0.2, -0.15) is 0 Å². The summed E-state index contributed by atoms with van der Waals surface area (Å²) in [6, 6.07) is 0. The van der Waals surface area contributed by atoms with Crippen LogP contribution in [-0.2, 0) is 42.7 Å². The van der Waals surface area contributed by atoms with Crippen molar-refractivity contribution in [1.29, 1.82) is 0 Å². The number of ether oxygens (including phenoxy) is 8. The quantitative estimate of drug-likeness (QED) is 0.637. The minimum Gasteiger partial charge on any atom is -0.433 e. The molecule has 0 aliphatic carbocycles. The summed E-state index contributed by atoms with van der Waals surface area (Å²) < 4.78 is 44.7. The van der Waals surface area contributed by atoms with Crippen LogP contribution in [0.2, 0.25) is 0 Å². The molecular formula is C18H26O10. The highest BCUT2D eigenvalue weighted by atomic mass is 16.8. The first-order valence-electron chi connectivity index (χ1n) is 9.32. The fourth-order valence-corrected chi connectivity index (χ4v) is 3.75. The van der Waals surface area contributed by atoms with Crippen molar-refractivity contribution in [3.63, 3.8) is 0 Å². The lowest BCUT2D eigenvalue weighted by Gasteiger charge is -2.32. The number of cyclic esters (lactones) is 2. The lowest BCUT2D eigenvalue weighted by Crippen LogP contribution is -2.46. The highest BCUT2D eigenvalue weighted by molar-refractivity contribution is 5.78. The normalized spacial score (nSPS) is 40.5. The Kier molecular flexibility index (Phi) is 4.63. The Morgan fingerprint density at radius 3 is 2.18 bits per heavy atom. The molecule has 0 saturated carbocycles. The van der Waals surface area contributed by atoms with E-state index in [1.54, 1.807) is 20.8 Å². The number of esters is 1. The first-order chi connectivity index (χ1) is 13.0. The summed E-state index contributed by atoms with van der Waals surface area (Å²) in [5.41, 5.74) is -1.13. The Hall–Kier alpha value is -1.46. The van der Waals surface area contributed by atoms with Gasteiger partial charge in [-0.1, -0.05) is 0 Å². The van der Waals surface area contributed by atoms with E-state index < -0.39 is 59.8 Å². The van der Waals surface area contributed by atoms with Crippen molar-refractivity contribution in [3.05, 3.63) is 0 Å². The van der Waals surface area contributed by atoms with Gasteiger partial charge >= 0.3 is 12.1 Å². The van der Waals surface area contributed by atoms with Crippen molar-refractivity contribution in [2.24, 2.45) is 5.41 Å². The lowest BCUT2D eigenvalue weighted by atomic mass is 9.92. The van der Waals surface area contributed by atoms with Gasteiger partial charge in [0.1, 0.15) is 36.9 Å². The predicted molar refractivity (Wildman–Crippen MR) is 88.9 cm³/mol. The Labute approximate surface area is 162 Å². The summed E-state index contributed by atoms with van der Waals surface area (Å²) in [6.45, 7) is 8.86. The number of fused-ring (bicyclic) bond motifs is 1. The molecule has 5 atom stereocenters. The number of carbonyl (C=O) groups is 2. The maximum atomic E-state index is 12.7. The van der Waals surface area contributed by atoms with Crippen molar-refractivity contribution < 1.29 is 47.5 Å². The van der Waals surface area contributed by atoms with Crippen LogP contribution < -0.4 is 0 Å². The number of hydrogen-bond donors (Lipinski definition) is 0. The van der Waals surface area contributed by atoms with Crippen LogP contribution >= 0.6 is 0 Å². The topological polar surface area (TPSA) is 108 Å². The molecule has 4 rings (SSSR count). The summed E-state index contributed by atoms with van der Waals surface area (Å²) in [4.78, 5) is 23.8. The van der Waals surface area contributed by atoms with Crippen molar-refractivity contribution in [3.8, 4) is 0 Å². The van der Waals surface area contributed by atoms with Gasteiger partial charge in [-0.05, 0) is 34.6 Å².